The zero-order valence-electron chi connectivity index (χ0n) is 12.9. The Hall–Kier alpha value is -1.14. The van der Waals surface area contributed by atoms with Crippen LogP contribution in [0.25, 0.3) is 0 Å². The fraction of sp³-hybridized carbons (Fsp3) is 0.867. The van der Waals surface area contributed by atoms with Crippen molar-refractivity contribution >= 4 is 11.8 Å². The first-order valence-electron chi connectivity index (χ1n) is 8.16. The highest BCUT2D eigenvalue weighted by molar-refractivity contribution is 5.88. The Morgan fingerprint density at radius 3 is 2.62 bits per heavy atom. The van der Waals surface area contributed by atoms with Crippen molar-refractivity contribution in [3.05, 3.63) is 0 Å². The van der Waals surface area contributed by atoms with E-state index in [0.717, 1.165) is 45.3 Å². The summed E-state index contributed by atoms with van der Waals surface area (Å²) < 4.78 is 0. The van der Waals surface area contributed by atoms with Gasteiger partial charge >= 0.3 is 0 Å². The molecule has 0 unspecified atom stereocenters. The van der Waals surface area contributed by atoms with Crippen LogP contribution in [0.15, 0.2) is 0 Å². The Morgan fingerprint density at radius 2 is 1.90 bits per heavy atom. The average Bonchev–Trinajstić information content (AvgIpc) is 2.99. The van der Waals surface area contributed by atoms with E-state index >= 15 is 0 Å². The maximum atomic E-state index is 12.8. The number of carbonyl (C=O) groups excluding carboxylic acids is 2. The molecule has 0 bridgehead atoms. The first-order chi connectivity index (χ1) is 10.2. The van der Waals surface area contributed by atoms with Crippen LogP contribution in [0, 0.1) is 0 Å². The van der Waals surface area contributed by atoms with Crippen LogP contribution in [0.3, 0.4) is 0 Å². The van der Waals surface area contributed by atoms with E-state index in [9.17, 15) is 9.59 Å². The number of amides is 2. The molecule has 2 amide bonds. The van der Waals surface area contributed by atoms with Crippen LogP contribution in [-0.4, -0.2) is 84.9 Å². The van der Waals surface area contributed by atoms with Crippen LogP contribution in [0.2, 0.25) is 0 Å². The molecule has 3 saturated heterocycles. The number of rotatable bonds is 2. The lowest BCUT2D eigenvalue weighted by molar-refractivity contribution is -0.147. The third kappa shape index (κ3) is 3.06. The lowest BCUT2D eigenvalue weighted by Gasteiger charge is -2.39. The molecule has 0 aromatic heterocycles. The summed E-state index contributed by atoms with van der Waals surface area (Å²) in [5.41, 5.74) is 0. The minimum absolute atomic E-state index is 0.00399. The molecule has 0 spiro atoms. The molecule has 0 radical (unpaired) electrons. The highest BCUT2D eigenvalue weighted by Crippen LogP contribution is 2.26. The standard InChI is InChI=1S/C15H26N4O2/c1-17-9-10-18(11-14(17)20)15(21)13-3-2-8-19(13)12-4-6-16-7-5-12/h12-13,16H,2-11H2,1H3/t13-/m0/s1. The summed E-state index contributed by atoms with van der Waals surface area (Å²) >= 11 is 0. The van der Waals surface area contributed by atoms with Gasteiger partial charge < -0.3 is 15.1 Å². The van der Waals surface area contributed by atoms with Crippen molar-refractivity contribution in [2.24, 2.45) is 0 Å². The topological polar surface area (TPSA) is 55.9 Å². The van der Waals surface area contributed by atoms with Gasteiger partial charge in [-0.3, -0.25) is 14.5 Å². The molecule has 6 nitrogen and oxygen atoms in total. The Balaban J connectivity index is 1.64. The fourth-order valence-corrected chi connectivity index (χ4v) is 3.79. The molecule has 0 aliphatic carbocycles. The lowest BCUT2D eigenvalue weighted by atomic mass is 10.0. The molecular weight excluding hydrogens is 268 g/mol. The predicted octanol–water partition coefficient (Wildman–Crippen LogP) is -0.497. The molecule has 3 fully saturated rings. The van der Waals surface area contributed by atoms with Gasteiger partial charge in [-0.1, -0.05) is 0 Å². The second-order valence-electron chi connectivity index (χ2n) is 6.45. The van der Waals surface area contributed by atoms with Gasteiger partial charge in [0.05, 0.1) is 12.6 Å². The lowest BCUT2D eigenvalue weighted by Crippen LogP contribution is -2.56. The van der Waals surface area contributed by atoms with Gasteiger partial charge in [0.15, 0.2) is 0 Å². The van der Waals surface area contributed by atoms with Crippen LogP contribution in [0.4, 0.5) is 0 Å². The van der Waals surface area contributed by atoms with E-state index in [0.29, 0.717) is 19.1 Å². The highest BCUT2D eigenvalue weighted by atomic mass is 16.2. The molecule has 1 N–H and O–H groups in total. The van der Waals surface area contributed by atoms with Gasteiger partial charge in [0.2, 0.25) is 11.8 Å². The second-order valence-corrected chi connectivity index (χ2v) is 6.45. The quantitative estimate of drug-likeness (QED) is 0.746. The molecular formula is C15H26N4O2. The molecule has 3 rings (SSSR count). The number of hydrogen-bond acceptors (Lipinski definition) is 4. The van der Waals surface area contributed by atoms with Gasteiger partial charge in [0.25, 0.3) is 0 Å². The molecule has 1 atom stereocenters. The minimum atomic E-state index is 0.00399. The maximum Gasteiger partial charge on any atom is 0.241 e. The molecule has 3 heterocycles. The maximum absolute atomic E-state index is 12.8. The van der Waals surface area contributed by atoms with Crippen molar-refractivity contribution in [3.63, 3.8) is 0 Å². The fourth-order valence-electron chi connectivity index (χ4n) is 3.79. The van der Waals surface area contributed by atoms with E-state index in [1.807, 2.05) is 0 Å². The first kappa shape index (κ1) is 14.8. The number of piperidine rings is 1. The summed E-state index contributed by atoms with van der Waals surface area (Å²) in [6.45, 7) is 4.72. The molecule has 0 saturated carbocycles. The zero-order valence-corrected chi connectivity index (χ0v) is 12.9. The van der Waals surface area contributed by atoms with Crippen LogP contribution < -0.4 is 5.32 Å². The van der Waals surface area contributed by atoms with E-state index in [-0.39, 0.29) is 24.4 Å². The van der Waals surface area contributed by atoms with E-state index in [2.05, 4.69) is 10.2 Å². The molecule has 118 valence electrons. The Kier molecular flexibility index (Phi) is 4.45. The van der Waals surface area contributed by atoms with Crippen molar-refractivity contribution in [3.8, 4) is 0 Å². The van der Waals surface area contributed by atoms with Crippen LogP contribution in [0.5, 0.6) is 0 Å². The second kappa shape index (κ2) is 6.32. The monoisotopic (exact) mass is 294 g/mol. The number of hydrogen-bond donors (Lipinski definition) is 1. The van der Waals surface area contributed by atoms with Crippen molar-refractivity contribution in [1.82, 2.24) is 20.0 Å². The largest absolute Gasteiger partial charge is 0.342 e. The molecule has 3 aliphatic heterocycles. The van der Waals surface area contributed by atoms with Gasteiger partial charge in [0.1, 0.15) is 0 Å². The molecule has 0 aromatic rings. The van der Waals surface area contributed by atoms with Crippen molar-refractivity contribution < 1.29 is 9.59 Å². The Labute approximate surface area is 126 Å². The zero-order chi connectivity index (χ0) is 14.8. The Morgan fingerprint density at radius 1 is 1.14 bits per heavy atom. The van der Waals surface area contributed by atoms with E-state index in [1.54, 1.807) is 16.8 Å². The van der Waals surface area contributed by atoms with Crippen molar-refractivity contribution in [1.29, 1.82) is 0 Å². The summed E-state index contributed by atoms with van der Waals surface area (Å²) in [5.74, 6) is 0.230. The van der Waals surface area contributed by atoms with Gasteiger partial charge in [-0.15, -0.1) is 0 Å². The number of likely N-dealkylation sites (N-methyl/N-ethyl adjacent to an activating group) is 1. The number of nitrogens with zero attached hydrogens (tertiary/aromatic N) is 3. The third-order valence-electron chi connectivity index (χ3n) is 5.13. The molecule has 21 heavy (non-hydrogen) atoms. The smallest absolute Gasteiger partial charge is 0.241 e. The van der Waals surface area contributed by atoms with Crippen molar-refractivity contribution in [2.45, 2.75) is 37.8 Å². The number of likely N-dealkylation sites (tertiary alicyclic amines) is 1. The average molecular weight is 294 g/mol. The number of nitrogens with one attached hydrogen (secondary N) is 1. The van der Waals surface area contributed by atoms with Crippen LogP contribution in [-0.2, 0) is 9.59 Å². The van der Waals surface area contributed by atoms with Gasteiger partial charge in [-0.25, -0.2) is 0 Å². The third-order valence-corrected chi connectivity index (χ3v) is 5.13. The summed E-state index contributed by atoms with van der Waals surface area (Å²) in [6.07, 6.45) is 4.31. The summed E-state index contributed by atoms with van der Waals surface area (Å²) in [5, 5.41) is 3.38. The summed E-state index contributed by atoms with van der Waals surface area (Å²) in [6, 6.07) is 0.537. The highest BCUT2D eigenvalue weighted by Gasteiger charge is 2.39. The van der Waals surface area contributed by atoms with E-state index in [1.165, 1.54) is 0 Å². The molecule has 3 aliphatic rings. The minimum Gasteiger partial charge on any atom is -0.342 e. The first-order valence-corrected chi connectivity index (χ1v) is 8.16. The van der Waals surface area contributed by atoms with E-state index in [4.69, 9.17) is 0 Å². The predicted molar refractivity (Wildman–Crippen MR) is 79.8 cm³/mol. The number of carbonyl (C=O) groups is 2. The van der Waals surface area contributed by atoms with Crippen LogP contribution in [0.1, 0.15) is 25.7 Å². The summed E-state index contributed by atoms with van der Waals surface area (Å²) in [4.78, 5) is 30.5. The van der Waals surface area contributed by atoms with Gasteiger partial charge in [-0.2, -0.15) is 0 Å². The van der Waals surface area contributed by atoms with Crippen molar-refractivity contribution in [2.75, 3.05) is 46.3 Å². The Bertz CT molecular complexity index is 408. The van der Waals surface area contributed by atoms with Crippen LogP contribution >= 0.6 is 0 Å². The molecule has 6 heteroatoms. The van der Waals surface area contributed by atoms with Gasteiger partial charge in [0, 0.05) is 26.2 Å². The SMILES string of the molecule is CN1CCN(C(=O)[C@@H]2CCCN2C2CCNCC2)CC1=O. The van der Waals surface area contributed by atoms with E-state index < -0.39 is 0 Å². The normalized spacial score (nSPS) is 29.2. The number of piperazine rings is 1. The van der Waals surface area contributed by atoms with Gasteiger partial charge in [-0.05, 0) is 45.3 Å². The summed E-state index contributed by atoms with van der Waals surface area (Å²) in [7, 11) is 1.81. The molecule has 0 aromatic carbocycles.